The van der Waals surface area contributed by atoms with Gasteiger partial charge in [0.05, 0.1) is 7.11 Å². The van der Waals surface area contributed by atoms with Crippen molar-refractivity contribution in [2.75, 3.05) is 13.9 Å². The Morgan fingerprint density at radius 1 is 1.35 bits per heavy atom. The maximum Gasteiger partial charge on any atom is 0.330 e. The van der Waals surface area contributed by atoms with Crippen molar-refractivity contribution in [3.05, 3.63) is 23.8 Å². The Morgan fingerprint density at radius 3 is 2.76 bits per heavy atom. The van der Waals surface area contributed by atoms with Crippen molar-refractivity contribution in [3.63, 3.8) is 0 Å². The Morgan fingerprint density at radius 2 is 2.06 bits per heavy atom. The van der Waals surface area contributed by atoms with Crippen molar-refractivity contribution in [2.45, 2.75) is 6.04 Å². The van der Waals surface area contributed by atoms with Gasteiger partial charge < -0.3 is 19.9 Å². The zero-order valence-electron chi connectivity index (χ0n) is 9.14. The van der Waals surface area contributed by atoms with Gasteiger partial charge in [-0.3, -0.25) is 4.79 Å². The SMILES string of the molecule is COC(=O)[C@H](N)C(=O)c1ccc2c(c1)OCO2. The third-order valence-corrected chi connectivity index (χ3v) is 2.39. The monoisotopic (exact) mass is 237 g/mol. The van der Waals surface area contributed by atoms with E-state index in [9.17, 15) is 9.59 Å². The summed E-state index contributed by atoms with van der Waals surface area (Å²) in [5.74, 6) is -0.260. The molecule has 1 atom stereocenters. The minimum absolute atomic E-state index is 0.121. The Bertz CT molecular complexity index is 471. The molecule has 1 aliphatic rings. The lowest BCUT2D eigenvalue weighted by Crippen LogP contribution is -2.39. The number of fused-ring (bicyclic) bond motifs is 1. The summed E-state index contributed by atoms with van der Waals surface area (Å²) in [4.78, 5) is 23.0. The molecule has 1 heterocycles. The molecule has 0 bridgehead atoms. The highest BCUT2D eigenvalue weighted by molar-refractivity contribution is 6.12. The maximum absolute atomic E-state index is 11.8. The number of carbonyl (C=O) groups is 2. The molecule has 1 aromatic carbocycles. The van der Waals surface area contributed by atoms with Crippen molar-refractivity contribution in [1.82, 2.24) is 0 Å². The van der Waals surface area contributed by atoms with Crippen molar-refractivity contribution in [2.24, 2.45) is 5.73 Å². The second-order valence-corrected chi connectivity index (χ2v) is 3.43. The van der Waals surface area contributed by atoms with E-state index in [2.05, 4.69) is 4.74 Å². The van der Waals surface area contributed by atoms with Crippen LogP contribution in [0.3, 0.4) is 0 Å². The van der Waals surface area contributed by atoms with Crippen LogP contribution >= 0.6 is 0 Å². The van der Waals surface area contributed by atoms with Gasteiger partial charge in [0.1, 0.15) is 0 Å². The van der Waals surface area contributed by atoms with Gasteiger partial charge in [0, 0.05) is 5.56 Å². The van der Waals surface area contributed by atoms with E-state index >= 15 is 0 Å². The maximum atomic E-state index is 11.8. The molecule has 6 nitrogen and oxygen atoms in total. The molecule has 6 heteroatoms. The fourth-order valence-corrected chi connectivity index (χ4v) is 1.46. The Labute approximate surface area is 97.3 Å². The van der Waals surface area contributed by atoms with Gasteiger partial charge in [0.2, 0.25) is 6.79 Å². The van der Waals surface area contributed by atoms with E-state index in [1.165, 1.54) is 19.2 Å². The molecular weight excluding hydrogens is 226 g/mol. The number of hydrogen-bond donors (Lipinski definition) is 1. The van der Waals surface area contributed by atoms with E-state index in [-0.39, 0.29) is 12.4 Å². The number of Topliss-reactive ketones (excluding diaryl/α,β-unsaturated/α-hetero) is 1. The molecule has 1 aliphatic heterocycles. The van der Waals surface area contributed by atoms with Gasteiger partial charge >= 0.3 is 5.97 Å². The lowest BCUT2D eigenvalue weighted by Gasteiger charge is -2.08. The summed E-state index contributed by atoms with van der Waals surface area (Å²) in [5.41, 5.74) is 5.74. The number of esters is 1. The molecule has 2 N–H and O–H groups in total. The van der Waals surface area contributed by atoms with E-state index in [0.717, 1.165) is 0 Å². The van der Waals surface area contributed by atoms with Crippen LogP contribution in [0.25, 0.3) is 0 Å². The molecule has 0 fully saturated rings. The van der Waals surface area contributed by atoms with Crippen molar-refractivity contribution < 1.29 is 23.8 Å². The smallest absolute Gasteiger partial charge is 0.330 e. The summed E-state index contributed by atoms with van der Waals surface area (Å²) in [7, 11) is 1.18. The van der Waals surface area contributed by atoms with Crippen LogP contribution in [-0.4, -0.2) is 31.7 Å². The van der Waals surface area contributed by atoms with Crippen molar-refractivity contribution in [3.8, 4) is 11.5 Å². The molecule has 1 aromatic rings. The topological polar surface area (TPSA) is 87.9 Å². The van der Waals surface area contributed by atoms with E-state index in [4.69, 9.17) is 15.2 Å². The van der Waals surface area contributed by atoms with Crippen LogP contribution in [0.5, 0.6) is 11.5 Å². The second-order valence-electron chi connectivity index (χ2n) is 3.43. The van der Waals surface area contributed by atoms with Crippen molar-refractivity contribution >= 4 is 11.8 Å². The molecule has 0 aliphatic carbocycles. The summed E-state index contributed by atoms with van der Waals surface area (Å²) < 4.78 is 14.6. The zero-order valence-corrected chi connectivity index (χ0v) is 9.14. The number of methoxy groups -OCH3 is 1. The standard InChI is InChI=1S/C11H11NO5/c1-15-11(14)9(12)10(13)6-2-3-7-8(4-6)17-5-16-7/h2-4,9H,5,12H2,1H3/t9-/m1/s1. The first-order valence-corrected chi connectivity index (χ1v) is 4.90. The van der Waals surface area contributed by atoms with E-state index in [0.29, 0.717) is 11.5 Å². The van der Waals surface area contributed by atoms with E-state index in [1.807, 2.05) is 0 Å². The molecule has 90 valence electrons. The van der Waals surface area contributed by atoms with Gasteiger partial charge in [0.25, 0.3) is 0 Å². The van der Waals surface area contributed by atoms with Gasteiger partial charge in [-0.2, -0.15) is 0 Å². The normalized spacial score (nSPS) is 14.2. The molecular formula is C11H11NO5. The van der Waals surface area contributed by atoms with Crippen LogP contribution in [0.15, 0.2) is 18.2 Å². The third-order valence-electron chi connectivity index (χ3n) is 2.39. The zero-order chi connectivity index (χ0) is 12.4. The van der Waals surface area contributed by atoms with Gasteiger partial charge in [-0.1, -0.05) is 0 Å². The van der Waals surface area contributed by atoms with Crippen molar-refractivity contribution in [1.29, 1.82) is 0 Å². The highest BCUT2D eigenvalue weighted by Gasteiger charge is 2.25. The number of ketones is 1. The largest absolute Gasteiger partial charge is 0.468 e. The Hall–Kier alpha value is -2.08. The molecule has 0 amide bonds. The first-order chi connectivity index (χ1) is 8.13. The summed E-state index contributed by atoms with van der Waals surface area (Å²) in [6.45, 7) is 0.121. The molecule has 0 spiro atoms. The fraction of sp³-hybridized carbons (Fsp3) is 0.273. The minimum Gasteiger partial charge on any atom is -0.468 e. The number of benzene rings is 1. The van der Waals surface area contributed by atoms with Gasteiger partial charge in [-0.05, 0) is 18.2 Å². The van der Waals surface area contributed by atoms with Gasteiger partial charge in [0.15, 0.2) is 23.3 Å². The summed E-state index contributed by atoms with van der Waals surface area (Å²) in [6, 6.07) is 3.30. The summed E-state index contributed by atoms with van der Waals surface area (Å²) in [6.07, 6.45) is 0. The van der Waals surface area contributed by atoms with Crippen LogP contribution in [0.1, 0.15) is 10.4 Å². The molecule has 2 rings (SSSR count). The van der Waals surface area contributed by atoms with Crippen LogP contribution in [0.2, 0.25) is 0 Å². The minimum atomic E-state index is -1.32. The van der Waals surface area contributed by atoms with E-state index < -0.39 is 17.8 Å². The predicted molar refractivity (Wildman–Crippen MR) is 56.9 cm³/mol. The predicted octanol–water partition coefficient (Wildman–Crippen LogP) is 0.0983. The van der Waals surface area contributed by atoms with E-state index in [1.54, 1.807) is 6.07 Å². The molecule has 17 heavy (non-hydrogen) atoms. The Kier molecular flexibility index (Phi) is 2.97. The summed E-state index contributed by atoms with van der Waals surface area (Å²) in [5, 5.41) is 0. The molecule has 0 saturated heterocycles. The molecule has 0 unspecified atom stereocenters. The van der Waals surface area contributed by atoms with Crippen LogP contribution < -0.4 is 15.2 Å². The lowest BCUT2D eigenvalue weighted by molar-refractivity contribution is -0.140. The Balaban J connectivity index is 2.23. The van der Waals surface area contributed by atoms with Crippen LogP contribution in [-0.2, 0) is 9.53 Å². The molecule has 0 aromatic heterocycles. The average Bonchev–Trinajstić information content (AvgIpc) is 2.83. The quantitative estimate of drug-likeness (QED) is 0.455. The number of ether oxygens (including phenoxy) is 3. The fourth-order valence-electron chi connectivity index (χ4n) is 1.46. The molecule has 0 radical (unpaired) electrons. The van der Waals surface area contributed by atoms with Crippen LogP contribution in [0.4, 0.5) is 0 Å². The van der Waals surface area contributed by atoms with Crippen LogP contribution in [0, 0.1) is 0 Å². The molecule has 0 saturated carbocycles. The first-order valence-electron chi connectivity index (χ1n) is 4.90. The summed E-state index contributed by atoms with van der Waals surface area (Å²) >= 11 is 0. The highest BCUT2D eigenvalue weighted by Crippen LogP contribution is 2.32. The third kappa shape index (κ3) is 2.07. The average molecular weight is 237 g/mol. The highest BCUT2D eigenvalue weighted by atomic mass is 16.7. The number of rotatable bonds is 3. The number of nitrogens with two attached hydrogens (primary N) is 1. The lowest BCUT2D eigenvalue weighted by atomic mass is 10.0. The number of hydrogen-bond acceptors (Lipinski definition) is 6. The first kappa shape index (κ1) is 11.4. The van der Waals surface area contributed by atoms with Gasteiger partial charge in [-0.25, -0.2) is 4.79 Å². The number of carbonyl (C=O) groups excluding carboxylic acids is 2. The second kappa shape index (κ2) is 4.42. The van der Waals surface area contributed by atoms with Gasteiger partial charge in [-0.15, -0.1) is 0 Å².